The molecule has 0 aromatic rings. The molecule has 62 valence electrons. The second-order valence-corrected chi connectivity index (χ2v) is 3.09. The predicted octanol–water partition coefficient (Wildman–Crippen LogP) is 2.48. The summed E-state index contributed by atoms with van der Waals surface area (Å²) in [5.74, 6) is 0. The maximum atomic E-state index is 4.16. The Morgan fingerprint density at radius 1 is 1.45 bits per heavy atom. The van der Waals surface area contributed by atoms with Gasteiger partial charge in [0, 0.05) is 5.22 Å². The van der Waals surface area contributed by atoms with E-state index in [0.29, 0.717) is 4.59 Å². The van der Waals surface area contributed by atoms with E-state index in [1.54, 1.807) is 0 Å². The molecule has 0 bridgehead atoms. The van der Waals surface area contributed by atoms with Crippen molar-refractivity contribution in [3.63, 3.8) is 0 Å². The minimum Gasteiger partial charge on any atom is -0.154 e. The molecule has 1 rings (SSSR count). The van der Waals surface area contributed by atoms with Gasteiger partial charge in [-0.15, -0.1) is 0 Å². The van der Waals surface area contributed by atoms with Crippen LogP contribution in [0.1, 0.15) is 26.7 Å². The maximum Gasteiger partial charge on any atom is 0.147 e. The first-order valence-corrected chi connectivity index (χ1v) is 4.20. The molecule has 1 aliphatic rings. The molecule has 0 saturated heterocycles. The van der Waals surface area contributed by atoms with Crippen LogP contribution in [0.3, 0.4) is 0 Å². The van der Waals surface area contributed by atoms with Crippen molar-refractivity contribution < 1.29 is 4.59 Å². The average Bonchev–Trinajstić information content (AvgIpc) is 2.35. The number of hydrogen-bond acceptors (Lipinski definition) is 2. The molecule has 3 nitrogen and oxygen atoms in total. The van der Waals surface area contributed by atoms with Crippen LogP contribution < -0.4 is 0 Å². The van der Waals surface area contributed by atoms with E-state index in [9.17, 15) is 0 Å². The third-order valence-corrected chi connectivity index (χ3v) is 1.95. The summed E-state index contributed by atoms with van der Waals surface area (Å²) < 4.78 is 0.620. The number of rotatable bonds is 3. The summed E-state index contributed by atoms with van der Waals surface area (Å²) >= 11 is 0. The molecule has 0 N–H and O–H groups in total. The van der Waals surface area contributed by atoms with Gasteiger partial charge in [0.25, 0.3) is 0 Å². The van der Waals surface area contributed by atoms with Gasteiger partial charge in [0.15, 0.2) is 0 Å². The standard InChI is InChI=1S/C8H16N3/c1-4-6-8-7-11(3,5-2)10-9-8/h7H,4-6H2,1-3H3/q+1. The molecular weight excluding hydrogens is 138 g/mol. The Morgan fingerprint density at radius 3 is 2.64 bits per heavy atom. The van der Waals surface area contributed by atoms with Gasteiger partial charge in [0.05, 0.1) is 7.05 Å². The Kier molecular flexibility index (Phi) is 2.39. The van der Waals surface area contributed by atoms with Crippen LogP contribution in [-0.4, -0.2) is 18.2 Å². The van der Waals surface area contributed by atoms with Crippen molar-refractivity contribution in [1.29, 1.82) is 0 Å². The van der Waals surface area contributed by atoms with Gasteiger partial charge in [-0.05, 0) is 13.3 Å². The van der Waals surface area contributed by atoms with Crippen LogP contribution in [0.25, 0.3) is 0 Å². The molecule has 1 unspecified atom stereocenters. The first kappa shape index (κ1) is 8.40. The van der Waals surface area contributed by atoms with E-state index in [1.807, 2.05) is 0 Å². The summed E-state index contributed by atoms with van der Waals surface area (Å²) in [6.07, 6.45) is 4.33. The molecule has 3 heteroatoms. The molecular formula is C8H16N3+. The average molecular weight is 154 g/mol. The lowest BCUT2D eigenvalue weighted by Crippen LogP contribution is -2.29. The van der Waals surface area contributed by atoms with Crippen LogP contribution in [0.2, 0.25) is 0 Å². The van der Waals surface area contributed by atoms with Crippen LogP contribution in [0.5, 0.6) is 0 Å². The minimum atomic E-state index is 0.620. The fraction of sp³-hybridized carbons (Fsp3) is 0.750. The number of quaternary nitrogens is 1. The lowest BCUT2D eigenvalue weighted by Gasteiger charge is -2.14. The highest BCUT2D eigenvalue weighted by atomic mass is 15.7. The fourth-order valence-corrected chi connectivity index (χ4v) is 1.06. The summed E-state index contributed by atoms with van der Waals surface area (Å²) in [5, 5.41) is 8.26. The van der Waals surface area contributed by atoms with Gasteiger partial charge in [0.1, 0.15) is 18.4 Å². The van der Waals surface area contributed by atoms with Gasteiger partial charge in [-0.1, -0.05) is 18.5 Å². The van der Waals surface area contributed by atoms with Crippen molar-refractivity contribution in [2.45, 2.75) is 26.7 Å². The van der Waals surface area contributed by atoms with E-state index in [1.165, 1.54) is 0 Å². The smallest absolute Gasteiger partial charge is 0.147 e. The third kappa shape index (κ3) is 1.87. The second-order valence-electron chi connectivity index (χ2n) is 3.09. The molecule has 1 atom stereocenters. The van der Waals surface area contributed by atoms with Crippen LogP contribution in [-0.2, 0) is 0 Å². The van der Waals surface area contributed by atoms with E-state index in [0.717, 1.165) is 25.1 Å². The quantitative estimate of drug-likeness (QED) is 0.558. The van der Waals surface area contributed by atoms with Crippen LogP contribution in [0, 0.1) is 0 Å². The summed E-state index contributed by atoms with van der Waals surface area (Å²) in [6, 6.07) is 0. The highest BCUT2D eigenvalue weighted by Crippen LogP contribution is 2.21. The number of hydrogen-bond donors (Lipinski definition) is 0. The monoisotopic (exact) mass is 154 g/mol. The Balaban J connectivity index is 2.62. The van der Waals surface area contributed by atoms with Crippen molar-refractivity contribution in [2.24, 2.45) is 10.3 Å². The Labute approximate surface area is 68.0 Å². The Bertz CT molecular complexity index is 196. The molecule has 0 aromatic carbocycles. The Hall–Kier alpha value is -0.700. The van der Waals surface area contributed by atoms with Crippen LogP contribution in [0.15, 0.2) is 22.2 Å². The van der Waals surface area contributed by atoms with E-state index in [4.69, 9.17) is 0 Å². The van der Waals surface area contributed by atoms with Gasteiger partial charge in [-0.25, -0.2) is 0 Å². The molecule has 0 aromatic heterocycles. The molecule has 0 fully saturated rings. The first-order valence-electron chi connectivity index (χ1n) is 4.20. The topological polar surface area (TPSA) is 24.7 Å². The van der Waals surface area contributed by atoms with Gasteiger partial charge in [0.2, 0.25) is 0 Å². The van der Waals surface area contributed by atoms with Gasteiger partial charge >= 0.3 is 0 Å². The molecule has 11 heavy (non-hydrogen) atoms. The lowest BCUT2D eigenvalue weighted by atomic mass is 10.3. The normalized spacial score (nSPS) is 29.2. The summed E-state index contributed by atoms with van der Waals surface area (Å²) in [7, 11) is 2.06. The molecule has 0 amide bonds. The zero-order chi connectivity index (χ0) is 8.32. The zero-order valence-corrected chi connectivity index (χ0v) is 7.54. The largest absolute Gasteiger partial charge is 0.154 e. The maximum absolute atomic E-state index is 4.16. The molecule has 1 heterocycles. The van der Waals surface area contributed by atoms with Gasteiger partial charge < -0.3 is 0 Å². The highest BCUT2D eigenvalue weighted by Gasteiger charge is 2.23. The fourth-order valence-electron chi connectivity index (χ4n) is 1.06. The van der Waals surface area contributed by atoms with Crippen LogP contribution >= 0.6 is 0 Å². The Morgan fingerprint density at radius 2 is 2.18 bits per heavy atom. The summed E-state index contributed by atoms with van der Waals surface area (Å²) in [6.45, 7) is 5.26. The highest BCUT2D eigenvalue weighted by molar-refractivity contribution is 4.95. The van der Waals surface area contributed by atoms with E-state index in [2.05, 4.69) is 37.4 Å². The third-order valence-electron chi connectivity index (χ3n) is 1.95. The number of allylic oxidation sites excluding steroid dienone is 1. The van der Waals surface area contributed by atoms with Crippen molar-refractivity contribution in [3.05, 3.63) is 11.9 Å². The first-order chi connectivity index (χ1) is 5.20. The molecule has 0 spiro atoms. The van der Waals surface area contributed by atoms with Crippen molar-refractivity contribution in [3.8, 4) is 0 Å². The SMILES string of the molecule is CCCC1=C[N+](C)(CC)N=N1. The van der Waals surface area contributed by atoms with Gasteiger partial charge in [-0.2, -0.15) is 4.59 Å². The zero-order valence-electron chi connectivity index (χ0n) is 7.54. The lowest BCUT2D eigenvalue weighted by molar-refractivity contribution is -0.865. The minimum absolute atomic E-state index is 0.620. The van der Waals surface area contributed by atoms with Crippen molar-refractivity contribution >= 4 is 0 Å². The van der Waals surface area contributed by atoms with E-state index >= 15 is 0 Å². The van der Waals surface area contributed by atoms with E-state index in [-0.39, 0.29) is 0 Å². The molecule has 0 saturated carbocycles. The van der Waals surface area contributed by atoms with Crippen molar-refractivity contribution in [1.82, 2.24) is 0 Å². The molecule has 1 aliphatic heterocycles. The van der Waals surface area contributed by atoms with Gasteiger partial charge in [-0.3, -0.25) is 0 Å². The van der Waals surface area contributed by atoms with E-state index < -0.39 is 0 Å². The molecule has 0 aliphatic carbocycles. The molecule has 0 radical (unpaired) electrons. The summed E-state index contributed by atoms with van der Waals surface area (Å²) in [5.41, 5.74) is 1.14. The summed E-state index contributed by atoms with van der Waals surface area (Å²) in [4.78, 5) is 0. The van der Waals surface area contributed by atoms with Crippen molar-refractivity contribution in [2.75, 3.05) is 13.6 Å². The van der Waals surface area contributed by atoms with Crippen LogP contribution in [0.4, 0.5) is 0 Å². The number of nitrogens with zero attached hydrogens (tertiary/aromatic N) is 3. The predicted molar refractivity (Wildman–Crippen MR) is 44.6 cm³/mol. The second kappa shape index (κ2) is 3.13.